The molecule has 40 heavy (non-hydrogen) atoms. The molecular formula is C31H37N7O2. The molecule has 2 heterocycles. The number of nitrogens with two attached hydrogens (primary N) is 1. The zero-order valence-corrected chi connectivity index (χ0v) is 23.5. The summed E-state index contributed by atoms with van der Waals surface area (Å²) in [5.74, 6) is 1.33. The fraction of sp³-hybridized carbons (Fsp3) is 0.355. The molecule has 9 heteroatoms. The van der Waals surface area contributed by atoms with E-state index in [1.54, 1.807) is 6.92 Å². The Morgan fingerprint density at radius 1 is 1.10 bits per heavy atom. The number of aromatic nitrogens is 2. The first-order valence-electron chi connectivity index (χ1n) is 13.9. The molecule has 0 unspecified atom stereocenters. The molecule has 0 bridgehead atoms. The maximum atomic E-state index is 11.7. The van der Waals surface area contributed by atoms with Crippen molar-refractivity contribution in [1.29, 1.82) is 0 Å². The summed E-state index contributed by atoms with van der Waals surface area (Å²) >= 11 is 0. The molecule has 0 spiro atoms. The van der Waals surface area contributed by atoms with Gasteiger partial charge in [0.1, 0.15) is 5.75 Å². The standard InChI is InChI=1S/C31H37N7O2/c1-4-40-28-19-24(38-16-14-37(15-17-38)21(2)39)11-13-26(28)35-31-34-20-23-10-12-25(32)29(30(23)36-31)27(33-3)18-22-8-6-5-7-9-22/h5-9,11,13,19-20H,4,10,12,14-18,32H2,1-3H3,(H,34,35,36). The van der Waals surface area contributed by atoms with Gasteiger partial charge in [0.25, 0.3) is 0 Å². The summed E-state index contributed by atoms with van der Waals surface area (Å²) in [5, 5.41) is 3.38. The van der Waals surface area contributed by atoms with Crippen LogP contribution in [0, 0.1) is 0 Å². The largest absolute Gasteiger partial charge is 0.492 e. The maximum Gasteiger partial charge on any atom is 0.227 e. The van der Waals surface area contributed by atoms with Crippen LogP contribution in [0.3, 0.4) is 0 Å². The fourth-order valence-electron chi connectivity index (χ4n) is 5.29. The van der Waals surface area contributed by atoms with E-state index in [1.807, 2.05) is 55.4 Å². The Balaban J connectivity index is 1.40. The van der Waals surface area contributed by atoms with Crippen LogP contribution in [0.4, 0.5) is 17.3 Å². The fourth-order valence-corrected chi connectivity index (χ4v) is 5.29. The second kappa shape index (κ2) is 12.2. The first-order valence-corrected chi connectivity index (χ1v) is 13.9. The molecule has 9 nitrogen and oxygen atoms in total. The normalized spacial score (nSPS) is 15.6. The van der Waals surface area contributed by atoms with Crippen molar-refractivity contribution in [3.8, 4) is 5.75 Å². The molecule has 1 amide bonds. The number of hydrogen-bond acceptors (Lipinski definition) is 8. The highest BCUT2D eigenvalue weighted by molar-refractivity contribution is 6.25. The van der Waals surface area contributed by atoms with Crippen LogP contribution in [0.25, 0.3) is 5.57 Å². The Bertz CT molecular complexity index is 1430. The summed E-state index contributed by atoms with van der Waals surface area (Å²) in [5.41, 5.74) is 14.1. The number of allylic oxidation sites excluding steroid dienone is 2. The quantitative estimate of drug-likeness (QED) is 0.413. The number of piperazine rings is 1. The van der Waals surface area contributed by atoms with Crippen molar-refractivity contribution in [3.05, 3.63) is 77.2 Å². The number of fused-ring (bicyclic) bond motifs is 1. The molecule has 1 aliphatic heterocycles. The number of rotatable bonds is 8. The summed E-state index contributed by atoms with van der Waals surface area (Å²) < 4.78 is 6.02. The number of anilines is 3. The molecule has 0 atom stereocenters. The lowest BCUT2D eigenvalue weighted by Crippen LogP contribution is -2.48. The number of ether oxygens (including phenoxy) is 1. The molecule has 2 aliphatic rings. The van der Waals surface area contributed by atoms with Crippen LogP contribution in [0.1, 0.15) is 37.1 Å². The Morgan fingerprint density at radius 3 is 2.58 bits per heavy atom. The Hall–Kier alpha value is -4.40. The van der Waals surface area contributed by atoms with Crippen molar-refractivity contribution in [2.75, 3.05) is 50.1 Å². The van der Waals surface area contributed by atoms with Crippen LogP contribution in [0.5, 0.6) is 5.75 Å². The Labute approximate surface area is 235 Å². The average molecular weight is 540 g/mol. The third kappa shape index (κ3) is 5.93. The number of carbonyl (C=O) groups excluding carboxylic acids is 1. The second-order valence-corrected chi connectivity index (χ2v) is 10.0. The van der Waals surface area contributed by atoms with E-state index in [1.165, 1.54) is 5.56 Å². The van der Waals surface area contributed by atoms with Crippen molar-refractivity contribution in [2.45, 2.75) is 33.1 Å². The summed E-state index contributed by atoms with van der Waals surface area (Å²) in [7, 11) is 1.81. The van der Waals surface area contributed by atoms with Gasteiger partial charge in [-0.25, -0.2) is 9.97 Å². The maximum absolute atomic E-state index is 11.7. The van der Waals surface area contributed by atoms with Gasteiger partial charge < -0.3 is 25.6 Å². The Morgan fingerprint density at radius 2 is 1.88 bits per heavy atom. The number of hydrogen-bond donors (Lipinski definition) is 2. The second-order valence-electron chi connectivity index (χ2n) is 10.0. The van der Waals surface area contributed by atoms with Crippen LogP contribution in [-0.2, 0) is 17.6 Å². The van der Waals surface area contributed by atoms with Crippen molar-refractivity contribution in [1.82, 2.24) is 14.9 Å². The molecular weight excluding hydrogens is 502 g/mol. The predicted molar refractivity (Wildman–Crippen MR) is 160 cm³/mol. The van der Waals surface area contributed by atoms with E-state index in [0.717, 1.165) is 71.3 Å². The molecule has 3 N–H and O–H groups in total. The third-order valence-corrected chi connectivity index (χ3v) is 7.46. The summed E-state index contributed by atoms with van der Waals surface area (Å²) in [6.07, 6.45) is 4.11. The molecule has 1 aliphatic carbocycles. The molecule has 1 saturated heterocycles. The molecule has 208 valence electrons. The van der Waals surface area contributed by atoms with Gasteiger partial charge in [0.2, 0.25) is 11.9 Å². The van der Waals surface area contributed by atoms with Crippen LogP contribution in [0.15, 0.2) is 65.4 Å². The number of nitrogens with zero attached hydrogens (tertiary/aromatic N) is 5. The van der Waals surface area contributed by atoms with Crippen molar-refractivity contribution < 1.29 is 9.53 Å². The number of aliphatic imine (C=N–C) groups is 1. The lowest BCUT2D eigenvalue weighted by atomic mass is 9.88. The topological polar surface area (TPSA) is 109 Å². The SMILES string of the molecule is CCOc1cc(N2CCN(C(C)=O)CC2)ccc1Nc1ncc2c(n1)C(C(Cc1ccccc1)=NC)=C(N)CC2. The number of amides is 1. The minimum atomic E-state index is 0.122. The van der Waals surface area contributed by atoms with Crippen molar-refractivity contribution >= 4 is 34.5 Å². The highest BCUT2D eigenvalue weighted by Gasteiger charge is 2.25. The highest BCUT2D eigenvalue weighted by Crippen LogP contribution is 2.34. The average Bonchev–Trinajstić information content (AvgIpc) is 2.98. The van der Waals surface area contributed by atoms with E-state index in [-0.39, 0.29) is 5.91 Å². The lowest BCUT2D eigenvalue weighted by molar-refractivity contribution is -0.129. The first-order chi connectivity index (χ1) is 19.5. The van der Waals surface area contributed by atoms with Gasteiger partial charge in [-0.1, -0.05) is 30.3 Å². The predicted octanol–water partition coefficient (Wildman–Crippen LogP) is 4.22. The zero-order chi connectivity index (χ0) is 28.1. The monoisotopic (exact) mass is 539 g/mol. The van der Waals surface area contributed by atoms with Crippen LogP contribution < -0.4 is 20.7 Å². The number of aryl methyl sites for hydroxylation is 1. The zero-order valence-electron chi connectivity index (χ0n) is 23.5. The van der Waals surface area contributed by atoms with Gasteiger partial charge in [-0.15, -0.1) is 0 Å². The van der Waals surface area contributed by atoms with E-state index in [2.05, 4.69) is 38.4 Å². The molecule has 5 rings (SSSR count). The Kier molecular flexibility index (Phi) is 8.28. The van der Waals surface area contributed by atoms with Crippen LogP contribution in [-0.4, -0.2) is 66.3 Å². The lowest BCUT2D eigenvalue weighted by Gasteiger charge is -2.35. The molecule has 0 radical (unpaired) electrons. The van der Waals surface area contributed by atoms with Gasteiger partial charge in [-0.3, -0.25) is 9.79 Å². The van der Waals surface area contributed by atoms with E-state index in [9.17, 15) is 4.79 Å². The first kappa shape index (κ1) is 27.2. The van der Waals surface area contributed by atoms with Gasteiger partial charge in [0.15, 0.2) is 0 Å². The third-order valence-electron chi connectivity index (χ3n) is 7.46. The summed E-state index contributed by atoms with van der Waals surface area (Å²) in [4.78, 5) is 30.1. The molecule has 1 aromatic heterocycles. The van der Waals surface area contributed by atoms with Gasteiger partial charge in [0.05, 0.1) is 18.0 Å². The van der Waals surface area contributed by atoms with E-state index in [4.69, 9.17) is 15.5 Å². The van der Waals surface area contributed by atoms with Crippen LogP contribution in [0.2, 0.25) is 0 Å². The van der Waals surface area contributed by atoms with Crippen molar-refractivity contribution in [2.24, 2.45) is 10.7 Å². The summed E-state index contributed by atoms with van der Waals surface area (Å²) in [6.45, 7) is 7.12. The van der Waals surface area contributed by atoms with E-state index >= 15 is 0 Å². The minimum absolute atomic E-state index is 0.122. The molecule has 1 fully saturated rings. The van der Waals surface area contributed by atoms with Gasteiger partial charge >= 0.3 is 0 Å². The van der Waals surface area contributed by atoms with E-state index in [0.29, 0.717) is 32.1 Å². The minimum Gasteiger partial charge on any atom is -0.492 e. The van der Waals surface area contributed by atoms with Gasteiger partial charge in [0, 0.05) is 81.5 Å². The van der Waals surface area contributed by atoms with Gasteiger partial charge in [-0.05, 0) is 43.0 Å². The van der Waals surface area contributed by atoms with Crippen molar-refractivity contribution in [3.63, 3.8) is 0 Å². The number of nitrogens with one attached hydrogen (secondary N) is 1. The molecule has 2 aromatic carbocycles. The van der Waals surface area contributed by atoms with Gasteiger partial charge in [-0.2, -0.15) is 0 Å². The molecule has 3 aromatic rings. The smallest absolute Gasteiger partial charge is 0.227 e. The van der Waals surface area contributed by atoms with E-state index < -0.39 is 0 Å². The van der Waals surface area contributed by atoms with Crippen LogP contribution >= 0.6 is 0 Å². The summed E-state index contributed by atoms with van der Waals surface area (Å²) in [6, 6.07) is 16.4. The molecule has 0 saturated carbocycles. The number of benzene rings is 2. The highest BCUT2D eigenvalue weighted by atomic mass is 16.5. The number of carbonyl (C=O) groups is 1.